The van der Waals surface area contributed by atoms with Crippen LogP contribution in [0.4, 0.5) is 11.8 Å². The maximum Gasteiger partial charge on any atom is 0.247 e. The van der Waals surface area contributed by atoms with E-state index in [9.17, 15) is 0 Å². The zero-order chi connectivity index (χ0) is 12.8. The highest BCUT2D eigenvalue weighted by Crippen LogP contribution is 2.18. The number of hydrogen-bond donors (Lipinski definition) is 0. The fourth-order valence-corrected chi connectivity index (χ4v) is 2.22. The number of rotatable bonds is 5. The fraction of sp³-hybridized carbons (Fsp3) is 0.769. The Bertz CT molecular complexity index is 362. The second-order valence-corrected chi connectivity index (χ2v) is 4.94. The lowest BCUT2D eigenvalue weighted by Crippen LogP contribution is -2.31. The molecular formula is C13H23N5. The van der Waals surface area contributed by atoms with E-state index in [1.165, 1.54) is 25.7 Å². The molecule has 0 unspecified atom stereocenters. The summed E-state index contributed by atoms with van der Waals surface area (Å²) >= 11 is 0. The Kier molecular flexibility index (Phi) is 4.73. The predicted molar refractivity (Wildman–Crippen MR) is 74.1 cm³/mol. The second kappa shape index (κ2) is 6.52. The summed E-state index contributed by atoms with van der Waals surface area (Å²) in [4.78, 5) is 9.03. The van der Waals surface area contributed by atoms with Crippen molar-refractivity contribution in [1.82, 2.24) is 15.2 Å². The van der Waals surface area contributed by atoms with E-state index >= 15 is 0 Å². The first kappa shape index (κ1) is 13.1. The summed E-state index contributed by atoms with van der Waals surface area (Å²) in [6.45, 7) is 5.37. The van der Waals surface area contributed by atoms with Crippen molar-refractivity contribution in [1.29, 1.82) is 0 Å². The standard InChI is InChI=1S/C13H23N5/c1-3-4-8-17(2)13-15-12(11-14-16-13)18-9-6-5-7-10-18/h11H,3-10H2,1-2H3. The van der Waals surface area contributed by atoms with Crippen LogP contribution in [-0.2, 0) is 0 Å². The van der Waals surface area contributed by atoms with Gasteiger partial charge in [0, 0.05) is 26.7 Å². The van der Waals surface area contributed by atoms with Crippen molar-refractivity contribution in [3.63, 3.8) is 0 Å². The monoisotopic (exact) mass is 249 g/mol. The Balaban J connectivity index is 2.04. The van der Waals surface area contributed by atoms with Crippen molar-refractivity contribution >= 4 is 11.8 Å². The minimum absolute atomic E-state index is 0.742. The molecule has 0 aromatic carbocycles. The van der Waals surface area contributed by atoms with Crippen LogP contribution >= 0.6 is 0 Å². The minimum Gasteiger partial charge on any atom is -0.355 e. The van der Waals surface area contributed by atoms with Crippen LogP contribution in [0, 0.1) is 0 Å². The third-order valence-corrected chi connectivity index (χ3v) is 3.40. The average molecular weight is 249 g/mol. The van der Waals surface area contributed by atoms with Gasteiger partial charge in [0.15, 0.2) is 5.82 Å². The minimum atomic E-state index is 0.742. The molecular weight excluding hydrogens is 226 g/mol. The first-order valence-corrected chi connectivity index (χ1v) is 6.97. The molecule has 0 amide bonds. The Labute approximate surface area is 109 Å². The summed E-state index contributed by atoms with van der Waals surface area (Å²) in [5, 5.41) is 8.22. The summed E-state index contributed by atoms with van der Waals surface area (Å²) in [7, 11) is 2.03. The van der Waals surface area contributed by atoms with Crippen LogP contribution < -0.4 is 9.80 Å². The average Bonchev–Trinajstić information content (AvgIpc) is 2.46. The van der Waals surface area contributed by atoms with Gasteiger partial charge in [-0.1, -0.05) is 13.3 Å². The molecule has 100 valence electrons. The Morgan fingerprint density at radius 3 is 2.78 bits per heavy atom. The number of hydrogen-bond acceptors (Lipinski definition) is 5. The molecule has 0 N–H and O–H groups in total. The second-order valence-electron chi connectivity index (χ2n) is 4.94. The van der Waals surface area contributed by atoms with Crippen LogP contribution in [0.3, 0.4) is 0 Å². The molecule has 1 aromatic rings. The molecule has 0 saturated carbocycles. The zero-order valence-corrected chi connectivity index (χ0v) is 11.5. The van der Waals surface area contributed by atoms with Gasteiger partial charge in [-0.25, -0.2) is 0 Å². The number of unbranched alkanes of at least 4 members (excludes halogenated alkanes) is 1. The Hall–Kier alpha value is -1.39. The van der Waals surface area contributed by atoms with Crippen LogP contribution in [-0.4, -0.2) is 41.9 Å². The van der Waals surface area contributed by atoms with E-state index in [2.05, 4.69) is 31.9 Å². The molecule has 1 saturated heterocycles. The predicted octanol–water partition coefficient (Wildman–Crippen LogP) is 2.10. The third kappa shape index (κ3) is 3.31. The summed E-state index contributed by atoms with van der Waals surface area (Å²) in [5.41, 5.74) is 0. The largest absolute Gasteiger partial charge is 0.355 e. The molecule has 5 nitrogen and oxygen atoms in total. The normalized spacial score (nSPS) is 15.8. The van der Waals surface area contributed by atoms with Crippen molar-refractivity contribution in [2.75, 3.05) is 36.5 Å². The molecule has 1 aliphatic rings. The van der Waals surface area contributed by atoms with E-state index in [4.69, 9.17) is 0 Å². The van der Waals surface area contributed by atoms with Gasteiger partial charge >= 0.3 is 0 Å². The maximum atomic E-state index is 4.63. The fourth-order valence-electron chi connectivity index (χ4n) is 2.22. The van der Waals surface area contributed by atoms with E-state index in [1.54, 1.807) is 6.20 Å². The van der Waals surface area contributed by atoms with Crippen LogP contribution in [0.1, 0.15) is 39.0 Å². The topological polar surface area (TPSA) is 45.2 Å². The smallest absolute Gasteiger partial charge is 0.247 e. The van der Waals surface area contributed by atoms with Gasteiger partial charge in [-0.15, -0.1) is 5.10 Å². The lowest BCUT2D eigenvalue weighted by Gasteiger charge is -2.28. The Morgan fingerprint density at radius 2 is 2.06 bits per heavy atom. The summed E-state index contributed by atoms with van der Waals surface area (Å²) in [6.07, 6.45) is 7.97. The first-order chi connectivity index (χ1) is 8.81. The molecule has 1 fully saturated rings. The van der Waals surface area contributed by atoms with E-state index in [0.29, 0.717) is 0 Å². The lowest BCUT2D eigenvalue weighted by molar-refractivity contribution is 0.571. The van der Waals surface area contributed by atoms with Crippen LogP contribution in [0.25, 0.3) is 0 Å². The number of anilines is 2. The highest BCUT2D eigenvalue weighted by molar-refractivity contribution is 5.41. The van der Waals surface area contributed by atoms with Gasteiger partial charge in [-0.05, 0) is 25.7 Å². The van der Waals surface area contributed by atoms with Gasteiger partial charge in [0.05, 0.1) is 6.20 Å². The van der Waals surface area contributed by atoms with Gasteiger partial charge in [0.25, 0.3) is 0 Å². The van der Waals surface area contributed by atoms with Crippen molar-refractivity contribution in [3.05, 3.63) is 6.20 Å². The van der Waals surface area contributed by atoms with Gasteiger partial charge in [0.2, 0.25) is 5.95 Å². The van der Waals surface area contributed by atoms with Crippen LogP contribution in [0.5, 0.6) is 0 Å². The molecule has 1 aliphatic heterocycles. The molecule has 0 atom stereocenters. The summed E-state index contributed by atoms with van der Waals surface area (Å²) in [5.74, 6) is 1.72. The first-order valence-electron chi connectivity index (χ1n) is 6.97. The third-order valence-electron chi connectivity index (χ3n) is 3.40. The molecule has 18 heavy (non-hydrogen) atoms. The maximum absolute atomic E-state index is 4.63. The van der Waals surface area contributed by atoms with Gasteiger partial charge in [0.1, 0.15) is 0 Å². The molecule has 2 heterocycles. The van der Waals surface area contributed by atoms with Crippen LogP contribution in [0.15, 0.2) is 6.20 Å². The lowest BCUT2D eigenvalue weighted by atomic mass is 10.1. The van der Waals surface area contributed by atoms with Gasteiger partial charge < -0.3 is 9.80 Å². The van der Waals surface area contributed by atoms with E-state index < -0.39 is 0 Å². The highest BCUT2D eigenvalue weighted by atomic mass is 15.3. The SMILES string of the molecule is CCCCN(C)c1nncc(N2CCCCC2)n1. The summed E-state index contributed by atoms with van der Waals surface area (Å²) in [6, 6.07) is 0. The van der Waals surface area contributed by atoms with Crippen molar-refractivity contribution in [3.8, 4) is 0 Å². The van der Waals surface area contributed by atoms with Gasteiger partial charge in [-0.2, -0.15) is 10.1 Å². The molecule has 0 bridgehead atoms. The van der Waals surface area contributed by atoms with Crippen molar-refractivity contribution < 1.29 is 0 Å². The molecule has 2 rings (SSSR count). The zero-order valence-electron chi connectivity index (χ0n) is 11.5. The summed E-state index contributed by atoms with van der Waals surface area (Å²) < 4.78 is 0. The molecule has 0 aliphatic carbocycles. The molecule has 1 aromatic heterocycles. The van der Waals surface area contributed by atoms with E-state index in [1.807, 2.05) is 7.05 Å². The number of nitrogens with zero attached hydrogens (tertiary/aromatic N) is 5. The van der Waals surface area contributed by atoms with Crippen LogP contribution in [0.2, 0.25) is 0 Å². The van der Waals surface area contributed by atoms with Crippen molar-refractivity contribution in [2.45, 2.75) is 39.0 Å². The van der Waals surface area contributed by atoms with E-state index in [-0.39, 0.29) is 0 Å². The number of piperidine rings is 1. The molecule has 5 heteroatoms. The van der Waals surface area contributed by atoms with Crippen molar-refractivity contribution in [2.24, 2.45) is 0 Å². The molecule has 0 radical (unpaired) electrons. The number of aromatic nitrogens is 3. The Morgan fingerprint density at radius 1 is 1.28 bits per heavy atom. The highest BCUT2D eigenvalue weighted by Gasteiger charge is 2.14. The quantitative estimate of drug-likeness (QED) is 0.799. The molecule has 0 spiro atoms. The van der Waals surface area contributed by atoms with Gasteiger partial charge in [-0.3, -0.25) is 0 Å². The van der Waals surface area contributed by atoms with E-state index in [0.717, 1.165) is 37.8 Å².